The maximum atomic E-state index is 14.2. The average Bonchev–Trinajstić information content (AvgIpc) is 3.01. The van der Waals surface area contributed by atoms with Crippen molar-refractivity contribution in [3.63, 3.8) is 0 Å². The number of rotatable bonds is 9. The fourth-order valence-electron chi connectivity index (χ4n) is 2.42. The number of ketones is 1. The van der Waals surface area contributed by atoms with Gasteiger partial charge in [0.15, 0.2) is 0 Å². The molecule has 0 spiro atoms. The van der Waals surface area contributed by atoms with Gasteiger partial charge in [0.05, 0.1) is 30.3 Å². The quantitative estimate of drug-likeness (QED) is 0.297. The van der Waals surface area contributed by atoms with Crippen molar-refractivity contribution in [1.82, 2.24) is 10.0 Å². The minimum Gasteiger partial charge on any atom is -0.394 e. The van der Waals surface area contributed by atoms with Gasteiger partial charge < -0.3 is 20.1 Å². The van der Waals surface area contributed by atoms with Crippen LogP contribution in [0, 0.1) is 12.7 Å². The molecule has 0 atom stereocenters. The fraction of sp³-hybridized carbons (Fsp3) is 0.350. The highest BCUT2D eigenvalue weighted by atomic mass is 19.1. The molecular formula is C20H28FN3O4. The lowest BCUT2D eigenvalue weighted by molar-refractivity contribution is 0.0482. The van der Waals surface area contributed by atoms with Crippen molar-refractivity contribution in [2.45, 2.75) is 20.8 Å². The molecule has 0 fully saturated rings. The predicted molar refractivity (Wildman–Crippen MR) is 108 cm³/mol. The van der Waals surface area contributed by atoms with E-state index in [2.05, 4.69) is 17.4 Å². The maximum absolute atomic E-state index is 14.2. The maximum Gasteiger partial charge on any atom is 0.204 e. The molecule has 0 aliphatic carbocycles. The van der Waals surface area contributed by atoms with Gasteiger partial charge in [-0.1, -0.05) is 26.5 Å². The molecule has 2 rings (SSSR count). The van der Waals surface area contributed by atoms with E-state index in [0.717, 1.165) is 5.56 Å². The summed E-state index contributed by atoms with van der Waals surface area (Å²) in [5.41, 5.74) is 4.57. The van der Waals surface area contributed by atoms with E-state index in [-0.39, 0.29) is 24.6 Å². The van der Waals surface area contributed by atoms with Crippen LogP contribution >= 0.6 is 0 Å². The molecule has 7 nitrogen and oxygen atoms in total. The van der Waals surface area contributed by atoms with Gasteiger partial charge in [-0.2, -0.15) is 0 Å². The molecule has 1 heterocycles. The van der Waals surface area contributed by atoms with E-state index >= 15 is 0 Å². The standard InChI is InChI=1S/C18H22FN3O4.C2H6/c1-11-4-5-15(14(19)8-11)20-18-13(12(2)21-26-7-6-23)9-16(22(18)3)17(25)10-24;1-2/h4-5,8-9,20-21,23-24H,2,6-7,10H2,1,3H3;1-2H3. The molecule has 0 saturated carbocycles. The van der Waals surface area contributed by atoms with Gasteiger partial charge in [0.25, 0.3) is 0 Å². The Balaban J connectivity index is 0.00000190. The molecule has 154 valence electrons. The van der Waals surface area contributed by atoms with Crippen LogP contribution in [0.15, 0.2) is 30.8 Å². The molecule has 2 aromatic rings. The van der Waals surface area contributed by atoms with E-state index in [0.29, 0.717) is 17.1 Å². The van der Waals surface area contributed by atoms with E-state index in [4.69, 9.17) is 15.1 Å². The van der Waals surface area contributed by atoms with Gasteiger partial charge in [-0.3, -0.25) is 15.1 Å². The Kier molecular flexibility index (Phi) is 9.37. The number of hydroxylamine groups is 1. The number of aryl methyl sites for hydroxylation is 1. The van der Waals surface area contributed by atoms with E-state index in [1.807, 2.05) is 13.8 Å². The molecule has 0 aliphatic rings. The van der Waals surface area contributed by atoms with Crippen molar-refractivity contribution in [1.29, 1.82) is 0 Å². The number of Topliss-reactive ketones (excluding diaryl/α,β-unsaturated/α-hetero) is 1. The normalized spacial score (nSPS) is 10.1. The minimum absolute atomic E-state index is 0.0453. The van der Waals surface area contributed by atoms with Gasteiger partial charge in [-0.05, 0) is 30.7 Å². The van der Waals surface area contributed by atoms with Gasteiger partial charge in [0.1, 0.15) is 18.2 Å². The molecule has 0 saturated heterocycles. The number of aromatic nitrogens is 1. The lowest BCUT2D eigenvalue weighted by Gasteiger charge is -2.14. The van der Waals surface area contributed by atoms with E-state index < -0.39 is 18.2 Å². The molecule has 1 aromatic carbocycles. The smallest absolute Gasteiger partial charge is 0.204 e. The lowest BCUT2D eigenvalue weighted by Crippen LogP contribution is -2.15. The zero-order valence-electron chi connectivity index (χ0n) is 16.7. The van der Waals surface area contributed by atoms with Crippen LogP contribution < -0.4 is 10.8 Å². The number of hydrogen-bond acceptors (Lipinski definition) is 6. The summed E-state index contributed by atoms with van der Waals surface area (Å²) in [6.45, 7) is 8.83. The second-order valence-corrected chi connectivity index (χ2v) is 5.69. The van der Waals surface area contributed by atoms with Crippen LogP contribution in [0.1, 0.15) is 35.5 Å². The van der Waals surface area contributed by atoms with E-state index in [9.17, 15) is 9.18 Å². The average molecular weight is 393 g/mol. The predicted octanol–water partition coefficient (Wildman–Crippen LogP) is 2.90. The summed E-state index contributed by atoms with van der Waals surface area (Å²) in [6.07, 6.45) is 0. The summed E-state index contributed by atoms with van der Waals surface area (Å²) in [6, 6.07) is 6.26. The lowest BCUT2D eigenvalue weighted by atomic mass is 10.2. The number of benzene rings is 1. The van der Waals surface area contributed by atoms with Crippen LogP contribution in [0.2, 0.25) is 0 Å². The Bertz CT molecular complexity index is 818. The van der Waals surface area contributed by atoms with Crippen molar-refractivity contribution in [2.75, 3.05) is 25.1 Å². The van der Waals surface area contributed by atoms with Crippen molar-refractivity contribution in [3.8, 4) is 0 Å². The van der Waals surface area contributed by atoms with Gasteiger partial charge in [0, 0.05) is 12.6 Å². The molecule has 0 unspecified atom stereocenters. The Morgan fingerprint density at radius 3 is 2.54 bits per heavy atom. The number of aliphatic hydroxyl groups is 2. The number of nitrogens with zero attached hydrogens (tertiary/aromatic N) is 1. The highest BCUT2D eigenvalue weighted by Crippen LogP contribution is 2.30. The Labute approximate surface area is 164 Å². The minimum atomic E-state index is -0.656. The summed E-state index contributed by atoms with van der Waals surface area (Å²) in [4.78, 5) is 17.0. The molecule has 0 amide bonds. The highest BCUT2D eigenvalue weighted by Gasteiger charge is 2.20. The molecule has 8 heteroatoms. The third kappa shape index (κ3) is 5.66. The molecule has 0 radical (unpaired) electrons. The number of carbonyl (C=O) groups excluding carboxylic acids is 1. The van der Waals surface area contributed by atoms with Crippen LogP contribution in [0.25, 0.3) is 5.70 Å². The van der Waals surface area contributed by atoms with Crippen LogP contribution in [0.5, 0.6) is 0 Å². The molecule has 0 aliphatic heterocycles. The van der Waals surface area contributed by atoms with Crippen LogP contribution in [0.3, 0.4) is 0 Å². The molecular weight excluding hydrogens is 365 g/mol. The molecule has 1 aromatic heterocycles. The van der Waals surface area contributed by atoms with Crippen molar-refractivity contribution in [2.24, 2.45) is 7.05 Å². The van der Waals surface area contributed by atoms with Gasteiger partial charge >= 0.3 is 0 Å². The number of anilines is 2. The van der Waals surface area contributed by atoms with Crippen molar-refractivity contribution >= 4 is 23.0 Å². The summed E-state index contributed by atoms with van der Waals surface area (Å²) < 4.78 is 15.7. The van der Waals surface area contributed by atoms with Crippen molar-refractivity contribution in [3.05, 3.63) is 53.5 Å². The zero-order valence-corrected chi connectivity index (χ0v) is 16.7. The topological polar surface area (TPSA) is 95.8 Å². The monoisotopic (exact) mass is 393 g/mol. The third-order valence-electron chi connectivity index (χ3n) is 3.75. The number of halogens is 1. The highest BCUT2D eigenvalue weighted by molar-refractivity contribution is 5.98. The van der Waals surface area contributed by atoms with Gasteiger partial charge in [-0.15, -0.1) is 0 Å². The van der Waals surface area contributed by atoms with E-state index in [1.165, 1.54) is 16.7 Å². The van der Waals surface area contributed by atoms with E-state index in [1.54, 1.807) is 26.1 Å². The number of carbonyl (C=O) groups is 1. The number of aliphatic hydroxyl groups excluding tert-OH is 2. The fourth-order valence-corrected chi connectivity index (χ4v) is 2.42. The number of nitrogens with one attached hydrogen (secondary N) is 2. The second-order valence-electron chi connectivity index (χ2n) is 5.69. The van der Waals surface area contributed by atoms with Gasteiger partial charge in [-0.25, -0.2) is 4.39 Å². The summed E-state index contributed by atoms with van der Waals surface area (Å²) in [5, 5.41) is 20.9. The molecule has 4 N–H and O–H groups in total. The van der Waals surface area contributed by atoms with Crippen LogP contribution in [-0.4, -0.2) is 40.4 Å². The summed E-state index contributed by atoms with van der Waals surface area (Å²) in [7, 11) is 1.61. The molecule has 28 heavy (non-hydrogen) atoms. The summed E-state index contributed by atoms with van der Waals surface area (Å²) >= 11 is 0. The first kappa shape index (κ1) is 23.4. The van der Waals surface area contributed by atoms with Gasteiger partial charge in [0.2, 0.25) is 5.78 Å². The Hall–Kier alpha value is -2.68. The first-order valence-electron chi connectivity index (χ1n) is 8.94. The SMILES string of the molecule is C=C(NOCCO)c1cc(C(=O)CO)n(C)c1Nc1ccc(C)cc1F.CC. The third-order valence-corrected chi connectivity index (χ3v) is 3.75. The van der Waals surface area contributed by atoms with Crippen LogP contribution in [-0.2, 0) is 11.9 Å². The molecule has 0 bridgehead atoms. The zero-order chi connectivity index (χ0) is 21.3. The van der Waals surface area contributed by atoms with Crippen molar-refractivity contribution < 1.29 is 24.2 Å². The Morgan fingerprint density at radius 2 is 1.96 bits per heavy atom. The Morgan fingerprint density at radius 1 is 1.29 bits per heavy atom. The largest absolute Gasteiger partial charge is 0.394 e. The second kappa shape index (κ2) is 11.2. The first-order chi connectivity index (χ1) is 13.4. The summed E-state index contributed by atoms with van der Waals surface area (Å²) in [5.74, 6) is -0.535. The first-order valence-corrected chi connectivity index (χ1v) is 8.94. The van der Waals surface area contributed by atoms with Crippen LogP contribution in [0.4, 0.5) is 15.9 Å². The number of hydrogen-bond donors (Lipinski definition) is 4.